The van der Waals surface area contributed by atoms with Crippen LogP contribution in [-0.2, 0) is 35.4 Å². The van der Waals surface area contributed by atoms with Gasteiger partial charge in [-0.05, 0) is 54.5 Å². The predicted molar refractivity (Wildman–Crippen MR) is 98.2 cm³/mol. The molecule has 0 atom stereocenters. The Kier molecular flexibility index (Phi) is 4.29. The molecule has 4 rings (SSSR count). The Bertz CT molecular complexity index is 1050. The van der Waals surface area contributed by atoms with Gasteiger partial charge in [0.15, 0.2) is 0 Å². The Morgan fingerprint density at radius 3 is 2.92 bits per heavy atom. The Hall–Kier alpha value is -2.95. The number of pyridine rings is 1. The van der Waals surface area contributed by atoms with Gasteiger partial charge in [-0.1, -0.05) is 24.3 Å². The maximum Gasteiger partial charge on any atom is 0.310 e. The number of nitrogens with zero attached hydrogens (tertiary/aromatic N) is 2. The van der Waals surface area contributed by atoms with Crippen LogP contribution < -0.4 is 5.56 Å². The Balaban J connectivity index is 1.45. The lowest BCUT2D eigenvalue weighted by molar-refractivity contribution is -0.144. The van der Waals surface area contributed by atoms with Crippen LogP contribution in [0, 0.1) is 6.92 Å². The highest BCUT2D eigenvalue weighted by molar-refractivity contribution is 5.72. The number of aromatic nitrogens is 2. The largest absolute Gasteiger partial charge is 0.459 e. The summed E-state index contributed by atoms with van der Waals surface area (Å²) in [4.78, 5) is 28.8. The molecule has 0 amide bonds. The number of benzene rings is 1. The van der Waals surface area contributed by atoms with E-state index < -0.39 is 0 Å². The number of hydrogen-bond donors (Lipinski definition) is 0. The molecule has 2 aromatic heterocycles. The summed E-state index contributed by atoms with van der Waals surface area (Å²) in [6, 6.07) is 11.3. The fourth-order valence-corrected chi connectivity index (χ4v) is 3.49. The van der Waals surface area contributed by atoms with Crippen LogP contribution in [0.15, 0.2) is 47.4 Å². The van der Waals surface area contributed by atoms with E-state index in [2.05, 4.69) is 17.1 Å². The van der Waals surface area contributed by atoms with Crippen LogP contribution in [0.25, 0.3) is 5.65 Å². The van der Waals surface area contributed by atoms with Gasteiger partial charge in [-0.25, -0.2) is 4.98 Å². The first-order valence-electron chi connectivity index (χ1n) is 8.84. The van der Waals surface area contributed by atoms with Crippen LogP contribution in [-0.4, -0.2) is 15.4 Å². The topological polar surface area (TPSA) is 60.7 Å². The van der Waals surface area contributed by atoms with Crippen molar-refractivity contribution in [1.82, 2.24) is 9.38 Å². The minimum absolute atomic E-state index is 0.00382. The molecule has 1 aliphatic carbocycles. The summed E-state index contributed by atoms with van der Waals surface area (Å²) in [5.74, 6) is -0.310. The van der Waals surface area contributed by atoms with Gasteiger partial charge in [0.2, 0.25) is 0 Å². The van der Waals surface area contributed by atoms with E-state index in [1.54, 1.807) is 6.20 Å². The van der Waals surface area contributed by atoms with Crippen molar-refractivity contribution in [1.29, 1.82) is 0 Å². The number of esters is 1. The van der Waals surface area contributed by atoms with Crippen molar-refractivity contribution in [3.05, 3.63) is 80.9 Å². The normalized spacial score (nSPS) is 13.0. The lowest BCUT2D eigenvalue weighted by atomic mass is 10.0. The van der Waals surface area contributed by atoms with Crippen molar-refractivity contribution in [3.63, 3.8) is 0 Å². The Morgan fingerprint density at radius 2 is 2.04 bits per heavy atom. The molecular weight excluding hydrogens is 328 g/mol. The predicted octanol–water partition coefficient (Wildman–Crippen LogP) is 2.78. The van der Waals surface area contributed by atoms with Gasteiger partial charge in [0.25, 0.3) is 5.56 Å². The molecule has 0 aliphatic heterocycles. The summed E-state index contributed by atoms with van der Waals surface area (Å²) >= 11 is 0. The van der Waals surface area contributed by atoms with E-state index in [4.69, 9.17) is 4.74 Å². The smallest absolute Gasteiger partial charge is 0.310 e. The third kappa shape index (κ3) is 3.25. The highest BCUT2D eigenvalue weighted by Gasteiger charge is 2.13. The standard InChI is InChI=1S/C21H20N2O3/c1-14-4-3-9-23-19(24)12-18(22-21(14)23)13-26-20(25)11-15-7-8-16-5-2-6-17(16)10-15/h3-4,7-10,12H,2,5-6,11,13H2,1H3. The first-order valence-corrected chi connectivity index (χ1v) is 8.84. The van der Waals surface area contributed by atoms with Crippen LogP contribution in [0.4, 0.5) is 0 Å². The lowest BCUT2D eigenvalue weighted by Gasteiger charge is -2.08. The second-order valence-corrected chi connectivity index (χ2v) is 6.76. The fourth-order valence-electron chi connectivity index (χ4n) is 3.49. The molecule has 0 N–H and O–H groups in total. The summed E-state index contributed by atoms with van der Waals surface area (Å²) in [6.07, 6.45) is 5.32. The van der Waals surface area contributed by atoms with Gasteiger partial charge < -0.3 is 4.74 Å². The number of hydrogen-bond acceptors (Lipinski definition) is 4. The number of rotatable bonds is 4. The first-order chi connectivity index (χ1) is 12.6. The van der Waals surface area contributed by atoms with Gasteiger partial charge in [-0.15, -0.1) is 0 Å². The summed E-state index contributed by atoms with van der Waals surface area (Å²) in [5, 5.41) is 0. The zero-order valence-electron chi connectivity index (χ0n) is 14.7. The first kappa shape index (κ1) is 16.5. The van der Waals surface area contributed by atoms with Gasteiger partial charge in [0, 0.05) is 12.3 Å². The maximum absolute atomic E-state index is 12.2. The SMILES string of the molecule is Cc1cccn2c(=O)cc(COC(=O)Cc3ccc4c(c3)CCC4)nc12. The van der Waals surface area contributed by atoms with Crippen molar-refractivity contribution in [2.45, 2.75) is 39.2 Å². The fraction of sp³-hybridized carbons (Fsp3) is 0.286. The zero-order chi connectivity index (χ0) is 18.1. The van der Waals surface area contributed by atoms with E-state index in [0.29, 0.717) is 11.3 Å². The van der Waals surface area contributed by atoms with Crippen molar-refractivity contribution >= 4 is 11.6 Å². The van der Waals surface area contributed by atoms with Gasteiger partial charge in [0.05, 0.1) is 12.1 Å². The van der Waals surface area contributed by atoms with E-state index in [9.17, 15) is 9.59 Å². The summed E-state index contributed by atoms with van der Waals surface area (Å²) in [6.45, 7) is 1.90. The van der Waals surface area contributed by atoms with Crippen molar-refractivity contribution in [3.8, 4) is 0 Å². The molecule has 0 radical (unpaired) electrons. The number of aryl methyl sites for hydroxylation is 3. The van der Waals surface area contributed by atoms with Crippen LogP contribution in [0.2, 0.25) is 0 Å². The molecular formula is C21H20N2O3. The molecule has 2 heterocycles. The molecule has 26 heavy (non-hydrogen) atoms. The van der Waals surface area contributed by atoms with E-state index in [1.807, 2.05) is 25.1 Å². The van der Waals surface area contributed by atoms with Crippen molar-refractivity contribution in [2.75, 3.05) is 0 Å². The number of carbonyl (C=O) groups excluding carboxylic acids is 1. The summed E-state index contributed by atoms with van der Waals surface area (Å²) < 4.78 is 6.84. The van der Waals surface area contributed by atoms with E-state index >= 15 is 0 Å². The average molecular weight is 348 g/mol. The highest BCUT2D eigenvalue weighted by Crippen LogP contribution is 2.23. The van der Waals surface area contributed by atoms with Gasteiger partial charge in [-0.3, -0.25) is 14.0 Å². The molecule has 3 aromatic rings. The Morgan fingerprint density at radius 1 is 1.19 bits per heavy atom. The molecule has 5 heteroatoms. The Labute approximate surface area is 151 Å². The van der Waals surface area contributed by atoms with E-state index in [0.717, 1.165) is 24.0 Å². The molecule has 0 saturated heterocycles. The minimum Gasteiger partial charge on any atom is -0.459 e. The van der Waals surface area contributed by atoms with Crippen molar-refractivity contribution < 1.29 is 9.53 Å². The molecule has 0 spiro atoms. The monoisotopic (exact) mass is 348 g/mol. The van der Waals surface area contributed by atoms with Gasteiger partial charge in [0.1, 0.15) is 12.3 Å². The lowest BCUT2D eigenvalue weighted by Crippen LogP contribution is -2.17. The summed E-state index contributed by atoms with van der Waals surface area (Å²) in [7, 11) is 0. The highest BCUT2D eigenvalue weighted by atomic mass is 16.5. The third-order valence-corrected chi connectivity index (χ3v) is 4.83. The molecule has 5 nitrogen and oxygen atoms in total. The number of carbonyl (C=O) groups is 1. The molecule has 0 fully saturated rings. The maximum atomic E-state index is 12.2. The van der Waals surface area contributed by atoms with Crippen LogP contribution in [0.1, 0.15) is 34.4 Å². The summed E-state index contributed by atoms with van der Waals surface area (Å²) in [5.41, 5.74) is 5.47. The molecule has 0 unspecified atom stereocenters. The number of ether oxygens (including phenoxy) is 1. The van der Waals surface area contributed by atoms with Gasteiger partial charge in [-0.2, -0.15) is 0 Å². The zero-order valence-corrected chi connectivity index (χ0v) is 14.7. The second kappa shape index (κ2) is 6.75. The molecule has 0 saturated carbocycles. The van der Waals surface area contributed by atoms with Crippen LogP contribution >= 0.6 is 0 Å². The average Bonchev–Trinajstić information content (AvgIpc) is 3.09. The van der Waals surface area contributed by atoms with Crippen LogP contribution in [0.3, 0.4) is 0 Å². The van der Waals surface area contributed by atoms with Gasteiger partial charge >= 0.3 is 5.97 Å². The molecule has 1 aromatic carbocycles. The number of fused-ring (bicyclic) bond motifs is 2. The minimum atomic E-state index is -0.310. The van der Waals surface area contributed by atoms with Crippen molar-refractivity contribution in [2.24, 2.45) is 0 Å². The quantitative estimate of drug-likeness (QED) is 0.680. The van der Waals surface area contributed by atoms with Crippen LogP contribution in [0.5, 0.6) is 0 Å². The molecule has 0 bridgehead atoms. The van der Waals surface area contributed by atoms with E-state index in [1.165, 1.54) is 28.0 Å². The second-order valence-electron chi connectivity index (χ2n) is 6.76. The van der Waals surface area contributed by atoms with E-state index in [-0.39, 0.29) is 24.6 Å². The molecule has 132 valence electrons. The molecule has 1 aliphatic rings. The third-order valence-electron chi connectivity index (χ3n) is 4.83.